The molecule has 1 N–H and O–H groups in total. The Morgan fingerprint density at radius 3 is 2.60 bits per heavy atom. The number of ether oxygens (including phenoxy) is 1. The molecule has 1 unspecified atom stereocenters. The van der Waals surface area contributed by atoms with Crippen molar-refractivity contribution < 1.29 is 4.74 Å². The van der Waals surface area contributed by atoms with Gasteiger partial charge < -0.3 is 10.1 Å². The summed E-state index contributed by atoms with van der Waals surface area (Å²) in [5.74, 6) is 1.80. The molecular weight excluding hydrogens is 186 g/mol. The number of hydrogen-bond acceptors (Lipinski definition) is 2. The maximum absolute atomic E-state index is 5.40. The SMILES string of the molecule is CCCNCC(CC)CC1CCOCC1. The first-order valence-corrected chi connectivity index (χ1v) is 6.65. The molecule has 15 heavy (non-hydrogen) atoms. The lowest BCUT2D eigenvalue weighted by Crippen LogP contribution is -2.26. The van der Waals surface area contributed by atoms with Crippen LogP contribution in [-0.2, 0) is 4.74 Å². The predicted molar refractivity (Wildman–Crippen MR) is 65.1 cm³/mol. The second-order valence-electron chi connectivity index (χ2n) is 4.77. The van der Waals surface area contributed by atoms with Crippen molar-refractivity contribution in [2.75, 3.05) is 26.3 Å². The van der Waals surface area contributed by atoms with Crippen molar-refractivity contribution in [3.05, 3.63) is 0 Å². The Kier molecular flexibility index (Phi) is 7.03. The molecule has 0 bridgehead atoms. The van der Waals surface area contributed by atoms with E-state index in [1.54, 1.807) is 0 Å². The standard InChI is InChI=1S/C13H27NO/c1-3-7-14-11-12(4-2)10-13-5-8-15-9-6-13/h12-14H,3-11H2,1-2H3. The van der Waals surface area contributed by atoms with Gasteiger partial charge in [-0.15, -0.1) is 0 Å². The van der Waals surface area contributed by atoms with Crippen molar-refractivity contribution in [1.82, 2.24) is 5.32 Å². The lowest BCUT2D eigenvalue weighted by atomic mass is 9.87. The van der Waals surface area contributed by atoms with Crippen LogP contribution in [0.25, 0.3) is 0 Å². The fraction of sp³-hybridized carbons (Fsp3) is 1.00. The van der Waals surface area contributed by atoms with Crippen molar-refractivity contribution in [1.29, 1.82) is 0 Å². The van der Waals surface area contributed by atoms with Gasteiger partial charge in [-0.3, -0.25) is 0 Å². The second kappa shape index (κ2) is 8.12. The van der Waals surface area contributed by atoms with E-state index in [1.165, 1.54) is 45.2 Å². The van der Waals surface area contributed by atoms with E-state index >= 15 is 0 Å². The molecule has 0 aliphatic carbocycles. The highest BCUT2D eigenvalue weighted by molar-refractivity contribution is 4.70. The van der Waals surface area contributed by atoms with Crippen LogP contribution >= 0.6 is 0 Å². The second-order valence-corrected chi connectivity index (χ2v) is 4.77. The van der Waals surface area contributed by atoms with Gasteiger partial charge in [0.05, 0.1) is 0 Å². The van der Waals surface area contributed by atoms with E-state index in [-0.39, 0.29) is 0 Å². The van der Waals surface area contributed by atoms with Crippen LogP contribution in [0.2, 0.25) is 0 Å². The lowest BCUT2D eigenvalue weighted by molar-refractivity contribution is 0.0583. The van der Waals surface area contributed by atoms with Crippen molar-refractivity contribution in [2.45, 2.75) is 46.0 Å². The molecule has 1 fully saturated rings. The minimum atomic E-state index is 0.875. The highest BCUT2D eigenvalue weighted by atomic mass is 16.5. The average molecular weight is 213 g/mol. The van der Waals surface area contributed by atoms with Crippen LogP contribution in [0.15, 0.2) is 0 Å². The third kappa shape index (κ3) is 5.53. The molecule has 0 radical (unpaired) electrons. The normalized spacial score (nSPS) is 20.4. The van der Waals surface area contributed by atoms with Crippen LogP contribution in [0.5, 0.6) is 0 Å². The lowest BCUT2D eigenvalue weighted by Gasteiger charge is -2.26. The molecule has 1 saturated heterocycles. The summed E-state index contributed by atoms with van der Waals surface area (Å²) in [5.41, 5.74) is 0. The van der Waals surface area contributed by atoms with E-state index < -0.39 is 0 Å². The smallest absolute Gasteiger partial charge is 0.0468 e. The zero-order chi connectivity index (χ0) is 10.9. The van der Waals surface area contributed by atoms with E-state index in [2.05, 4.69) is 19.2 Å². The van der Waals surface area contributed by atoms with Crippen LogP contribution in [0.3, 0.4) is 0 Å². The maximum atomic E-state index is 5.40. The summed E-state index contributed by atoms with van der Waals surface area (Å²) in [4.78, 5) is 0. The van der Waals surface area contributed by atoms with Gasteiger partial charge in [-0.2, -0.15) is 0 Å². The molecule has 2 heteroatoms. The summed E-state index contributed by atoms with van der Waals surface area (Å²) in [7, 11) is 0. The molecule has 0 spiro atoms. The molecule has 0 amide bonds. The van der Waals surface area contributed by atoms with Gasteiger partial charge in [-0.1, -0.05) is 20.3 Å². The Balaban J connectivity index is 2.13. The van der Waals surface area contributed by atoms with Gasteiger partial charge in [0.2, 0.25) is 0 Å². The number of rotatable bonds is 7. The molecular formula is C13H27NO. The van der Waals surface area contributed by atoms with Crippen LogP contribution in [0.1, 0.15) is 46.0 Å². The van der Waals surface area contributed by atoms with Crippen molar-refractivity contribution in [3.8, 4) is 0 Å². The number of hydrogen-bond donors (Lipinski definition) is 1. The van der Waals surface area contributed by atoms with Gasteiger partial charge >= 0.3 is 0 Å². The summed E-state index contributed by atoms with van der Waals surface area (Å²) in [5, 5.41) is 3.54. The molecule has 0 aromatic carbocycles. The average Bonchev–Trinajstić information content (AvgIpc) is 2.29. The highest BCUT2D eigenvalue weighted by Gasteiger charge is 2.17. The minimum absolute atomic E-state index is 0.875. The molecule has 0 aromatic rings. The van der Waals surface area contributed by atoms with Gasteiger partial charge in [-0.05, 0) is 50.6 Å². The van der Waals surface area contributed by atoms with Crippen LogP contribution in [0.4, 0.5) is 0 Å². The third-order valence-electron chi connectivity index (χ3n) is 3.44. The van der Waals surface area contributed by atoms with E-state index in [0.717, 1.165) is 25.0 Å². The van der Waals surface area contributed by atoms with Crippen molar-refractivity contribution in [3.63, 3.8) is 0 Å². The molecule has 0 aromatic heterocycles. The first-order valence-electron chi connectivity index (χ1n) is 6.65. The van der Waals surface area contributed by atoms with E-state index in [0.29, 0.717) is 0 Å². The molecule has 1 aliphatic heterocycles. The fourth-order valence-electron chi connectivity index (χ4n) is 2.33. The monoisotopic (exact) mass is 213 g/mol. The van der Waals surface area contributed by atoms with E-state index in [9.17, 15) is 0 Å². The summed E-state index contributed by atoms with van der Waals surface area (Å²) >= 11 is 0. The molecule has 1 aliphatic rings. The predicted octanol–water partition coefficient (Wildman–Crippen LogP) is 2.83. The van der Waals surface area contributed by atoms with Gasteiger partial charge in [0, 0.05) is 13.2 Å². The molecule has 1 rings (SSSR count). The van der Waals surface area contributed by atoms with Crippen LogP contribution in [0, 0.1) is 11.8 Å². The molecule has 90 valence electrons. The summed E-state index contributed by atoms with van der Waals surface area (Å²) in [6, 6.07) is 0. The van der Waals surface area contributed by atoms with Crippen LogP contribution in [-0.4, -0.2) is 26.3 Å². The summed E-state index contributed by atoms with van der Waals surface area (Å²) < 4.78 is 5.40. The van der Waals surface area contributed by atoms with Gasteiger partial charge in [0.1, 0.15) is 0 Å². The molecule has 1 atom stereocenters. The van der Waals surface area contributed by atoms with Crippen molar-refractivity contribution >= 4 is 0 Å². The molecule has 1 heterocycles. The Morgan fingerprint density at radius 1 is 1.27 bits per heavy atom. The highest BCUT2D eigenvalue weighted by Crippen LogP contribution is 2.24. The molecule has 0 saturated carbocycles. The van der Waals surface area contributed by atoms with Crippen LogP contribution < -0.4 is 5.32 Å². The summed E-state index contributed by atoms with van der Waals surface area (Å²) in [6.45, 7) is 8.91. The number of nitrogens with one attached hydrogen (secondary N) is 1. The first-order chi connectivity index (χ1) is 7.36. The Bertz CT molecular complexity index is 143. The zero-order valence-corrected chi connectivity index (χ0v) is 10.4. The maximum Gasteiger partial charge on any atom is 0.0468 e. The third-order valence-corrected chi connectivity index (χ3v) is 3.44. The Labute approximate surface area is 94.8 Å². The fourth-order valence-corrected chi connectivity index (χ4v) is 2.33. The topological polar surface area (TPSA) is 21.3 Å². The minimum Gasteiger partial charge on any atom is -0.381 e. The van der Waals surface area contributed by atoms with Crippen molar-refractivity contribution in [2.24, 2.45) is 11.8 Å². The Morgan fingerprint density at radius 2 is 2.00 bits per heavy atom. The van der Waals surface area contributed by atoms with Gasteiger partial charge in [0.15, 0.2) is 0 Å². The first kappa shape index (κ1) is 13.0. The van der Waals surface area contributed by atoms with E-state index in [1.807, 2.05) is 0 Å². The largest absolute Gasteiger partial charge is 0.381 e. The molecule has 2 nitrogen and oxygen atoms in total. The van der Waals surface area contributed by atoms with E-state index in [4.69, 9.17) is 4.74 Å². The summed E-state index contributed by atoms with van der Waals surface area (Å²) in [6.07, 6.45) is 6.52. The quantitative estimate of drug-likeness (QED) is 0.657. The van der Waals surface area contributed by atoms with Gasteiger partial charge in [0.25, 0.3) is 0 Å². The van der Waals surface area contributed by atoms with Gasteiger partial charge in [-0.25, -0.2) is 0 Å². The zero-order valence-electron chi connectivity index (χ0n) is 10.4. The Hall–Kier alpha value is -0.0800.